The molecule has 1 fully saturated rings. The van der Waals surface area contributed by atoms with Crippen molar-refractivity contribution in [1.29, 1.82) is 0 Å². The van der Waals surface area contributed by atoms with Crippen LogP contribution < -0.4 is 14.8 Å². The summed E-state index contributed by atoms with van der Waals surface area (Å²) in [5, 5.41) is 13.0. The van der Waals surface area contributed by atoms with Gasteiger partial charge in [-0.15, -0.1) is 0 Å². The fourth-order valence-electron chi connectivity index (χ4n) is 2.27. The molecule has 0 spiro atoms. The first-order chi connectivity index (χ1) is 9.49. The number of ether oxygens (including phenoxy) is 2. The van der Waals surface area contributed by atoms with E-state index in [0.717, 1.165) is 12.8 Å². The summed E-state index contributed by atoms with van der Waals surface area (Å²) in [6.45, 7) is 1.99. The molecule has 2 rings (SSSR count). The summed E-state index contributed by atoms with van der Waals surface area (Å²) in [7, 11) is 3.02. The van der Waals surface area contributed by atoms with Crippen molar-refractivity contribution >= 4 is 5.91 Å². The molecule has 110 valence electrons. The Morgan fingerprint density at radius 1 is 1.40 bits per heavy atom. The Morgan fingerprint density at radius 3 is 2.65 bits per heavy atom. The third-order valence-electron chi connectivity index (χ3n) is 3.71. The highest BCUT2D eigenvalue weighted by Gasteiger charge is 2.40. The number of methoxy groups -OCH3 is 2. The Morgan fingerprint density at radius 2 is 2.10 bits per heavy atom. The molecule has 1 aromatic carbocycles. The summed E-state index contributed by atoms with van der Waals surface area (Å²) in [6.07, 6.45) is 2.04. The van der Waals surface area contributed by atoms with Gasteiger partial charge in [0.15, 0.2) is 11.5 Å². The Balaban J connectivity index is 2.09. The van der Waals surface area contributed by atoms with Crippen molar-refractivity contribution in [3.8, 4) is 11.5 Å². The highest BCUT2D eigenvalue weighted by Crippen LogP contribution is 2.39. The molecule has 20 heavy (non-hydrogen) atoms. The molecule has 0 heterocycles. The molecule has 2 N–H and O–H groups in total. The van der Waals surface area contributed by atoms with E-state index in [-0.39, 0.29) is 18.4 Å². The third kappa shape index (κ3) is 3.04. The van der Waals surface area contributed by atoms with Crippen LogP contribution in [0.2, 0.25) is 0 Å². The number of carbonyl (C=O) groups excluding carboxylic acids is 1. The van der Waals surface area contributed by atoms with Crippen LogP contribution in [-0.4, -0.2) is 37.4 Å². The summed E-state index contributed by atoms with van der Waals surface area (Å²) in [5.74, 6) is 0.921. The number of carbonyl (C=O) groups is 1. The van der Waals surface area contributed by atoms with Gasteiger partial charge < -0.3 is 19.9 Å². The van der Waals surface area contributed by atoms with E-state index in [4.69, 9.17) is 9.47 Å². The topological polar surface area (TPSA) is 67.8 Å². The molecule has 5 nitrogen and oxygen atoms in total. The number of aliphatic hydroxyl groups is 1. The van der Waals surface area contributed by atoms with Crippen LogP contribution in [0.4, 0.5) is 0 Å². The van der Waals surface area contributed by atoms with Gasteiger partial charge in [-0.3, -0.25) is 4.79 Å². The maximum absolute atomic E-state index is 12.2. The molecule has 0 unspecified atom stereocenters. The first-order valence-electron chi connectivity index (χ1n) is 6.71. The van der Waals surface area contributed by atoms with Crippen LogP contribution in [0.1, 0.15) is 30.1 Å². The van der Waals surface area contributed by atoms with Gasteiger partial charge in [-0.2, -0.15) is 0 Å². The predicted molar refractivity (Wildman–Crippen MR) is 75.2 cm³/mol. The number of nitrogens with one attached hydrogen (secondary N) is 1. The fourth-order valence-corrected chi connectivity index (χ4v) is 2.27. The lowest BCUT2D eigenvalue weighted by Crippen LogP contribution is -2.42. The highest BCUT2D eigenvalue weighted by atomic mass is 16.5. The standard InChI is InChI=1S/C15H21NO4/c1-15(18,10-7-8-10)9-16-14(17)11-5-4-6-12(19-2)13(11)20-3/h4-6,10,18H,7-9H2,1-3H3,(H,16,17)/t15-/m0/s1. The second-order valence-corrected chi connectivity index (χ2v) is 5.36. The zero-order valence-corrected chi connectivity index (χ0v) is 12.1. The molecule has 1 atom stereocenters. The quantitative estimate of drug-likeness (QED) is 0.830. The average Bonchev–Trinajstić information content (AvgIpc) is 3.28. The molecule has 0 radical (unpaired) electrons. The number of benzene rings is 1. The van der Waals surface area contributed by atoms with Crippen LogP contribution in [0.5, 0.6) is 11.5 Å². The molecule has 1 aliphatic rings. The van der Waals surface area contributed by atoms with Crippen molar-refractivity contribution in [3.63, 3.8) is 0 Å². The lowest BCUT2D eigenvalue weighted by Gasteiger charge is -2.23. The summed E-state index contributed by atoms with van der Waals surface area (Å²) in [4.78, 5) is 12.2. The van der Waals surface area contributed by atoms with E-state index in [1.807, 2.05) is 0 Å². The molecule has 1 aliphatic carbocycles. The normalized spacial score (nSPS) is 17.2. The Bertz CT molecular complexity index is 495. The minimum atomic E-state index is -0.845. The van der Waals surface area contributed by atoms with Gasteiger partial charge in [0.25, 0.3) is 5.91 Å². The molecular formula is C15H21NO4. The Kier molecular flexibility index (Phi) is 4.18. The van der Waals surface area contributed by atoms with Crippen molar-refractivity contribution in [2.75, 3.05) is 20.8 Å². The second kappa shape index (κ2) is 5.71. The van der Waals surface area contributed by atoms with Crippen molar-refractivity contribution in [3.05, 3.63) is 23.8 Å². The second-order valence-electron chi connectivity index (χ2n) is 5.36. The molecular weight excluding hydrogens is 258 g/mol. The minimum absolute atomic E-state index is 0.233. The molecule has 0 aromatic heterocycles. The smallest absolute Gasteiger partial charge is 0.255 e. The Labute approximate surface area is 118 Å². The predicted octanol–water partition coefficient (Wildman–Crippen LogP) is 1.59. The van der Waals surface area contributed by atoms with E-state index in [1.165, 1.54) is 14.2 Å². The number of amides is 1. The van der Waals surface area contributed by atoms with Crippen LogP contribution in [0.3, 0.4) is 0 Å². The van der Waals surface area contributed by atoms with Gasteiger partial charge in [-0.25, -0.2) is 0 Å². The molecule has 0 bridgehead atoms. The molecule has 1 saturated carbocycles. The summed E-state index contributed by atoms with van der Waals surface area (Å²) in [5.41, 5.74) is -0.444. The van der Waals surface area contributed by atoms with Gasteiger partial charge in [0, 0.05) is 6.54 Å². The maximum atomic E-state index is 12.2. The van der Waals surface area contributed by atoms with Crippen molar-refractivity contribution < 1.29 is 19.4 Å². The molecule has 1 aromatic rings. The molecule has 0 aliphatic heterocycles. The van der Waals surface area contributed by atoms with Gasteiger partial charge in [-0.1, -0.05) is 6.07 Å². The lowest BCUT2D eigenvalue weighted by molar-refractivity contribution is 0.0354. The van der Waals surface area contributed by atoms with Crippen LogP contribution >= 0.6 is 0 Å². The van der Waals surface area contributed by atoms with Crippen LogP contribution in [0.25, 0.3) is 0 Å². The van der Waals surface area contributed by atoms with Crippen molar-refractivity contribution in [1.82, 2.24) is 5.32 Å². The zero-order valence-electron chi connectivity index (χ0n) is 12.1. The van der Waals surface area contributed by atoms with Gasteiger partial charge in [0.1, 0.15) is 0 Å². The number of hydrogen-bond acceptors (Lipinski definition) is 4. The van der Waals surface area contributed by atoms with Gasteiger partial charge in [-0.05, 0) is 37.8 Å². The number of para-hydroxylation sites is 1. The number of rotatable bonds is 6. The highest BCUT2D eigenvalue weighted by molar-refractivity contribution is 5.97. The monoisotopic (exact) mass is 279 g/mol. The van der Waals surface area contributed by atoms with Crippen LogP contribution in [-0.2, 0) is 0 Å². The van der Waals surface area contributed by atoms with E-state index in [1.54, 1.807) is 25.1 Å². The van der Waals surface area contributed by atoms with Crippen molar-refractivity contribution in [2.24, 2.45) is 5.92 Å². The zero-order chi connectivity index (χ0) is 14.8. The molecule has 1 amide bonds. The van der Waals surface area contributed by atoms with E-state index < -0.39 is 5.60 Å². The van der Waals surface area contributed by atoms with E-state index in [2.05, 4.69) is 5.32 Å². The fraction of sp³-hybridized carbons (Fsp3) is 0.533. The van der Waals surface area contributed by atoms with Crippen molar-refractivity contribution in [2.45, 2.75) is 25.4 Å². The third-order valence-corrected chi connectivity index (χ3v) is 3.71. The summed E-state index contributed by atoms with van der Waals surface area (Å²) in [6, 6.07) is 5.13. The largest absolute Gasteiger partial charge is 0.493 e. The summed E-state index contributed by atoms with van der Waals surface area (Å²) < 4.78 is 10.4. The first-order valence-corrected chi connectivity index (χ1v) is 6.71. The van der Waals surface area contributed by atoms with E-state index in [0.29, 0.717) is 17.1 Å². The van der Waals surface area contributed by atoms with Crippen LogP contribution in [0.15, 0.2) is 18.2 Å². The SMILES string of the molecule is COc1cccc(C(=O)NC[C@](C)(O)C2CC2)c1OC. The minimum Gasteiger partial charge on any atom is -0.493 e. The number of hydrogen-bond donors (Lipinski definition) is 2. The lowest BCUT2D eigenvalue weighted by atomic mass is 10.0. The molecule has 0 saturated heterocycles. The molecule has 5 heteroatoms. The van der Waals surface area contributed by atoms with Crippen LogP contribution in [0, 0.1) is 5.92 Å². The van der Waals surface area contributed by atoms with Gasteiger partial charge in [0.2, 0.25) is 0 Å². The van der Waals surface area contributed by atoms with E-state index in [9.17, 15) is 9.90 Å². The maximum Gasteiger partial charge on any atom is 0.255 e. The Hall–Kier alpha value is -1.75. The van der Waals surface area contributed by atoms with Gasteiger partial charge >= 0.3 is 0 Å². The summed E-state index contributed by atoms with van der Waals surface area (Å²) >= 11 is 0. The first kappa shape index (κ1) is 14.7. The van der Waals surface area contributed by atoms with E-state index >= 15 is 0 Å². The average molecular weight is 279 g/mol. The van der Waals surface area contributed by atoms with Gasteiger partial charge in [0.05, 0.1) is 25.4 Å².